The van der Waals surface area contributed by atoms with Crippen LogP contribution >= 0.6 is 0 Å². The van der Waals surface area contributed by atoms with Gasteiger partial charge in [-0.3, -0.25) is 4.79 Å². The molecule has 6 nitrogen and oxygen atoms in total. The molecule has 1 aromatic carbocycles. The van der Waals surface area contributed by atoms with Crippen molar-refractivity contribution in [1.29, 1.82) is 0 Å². The zero-order valence-corrected chi connectivity index (χ0v) is 19.7. The molecule has 2 aliphatic heterocycles. The molecule has 0 N–H and O–H groups in total. The minimum atomic E-state index is -4.45. The number of halogens is 3. The molecule has 1 aromatic rings. The fourth-order valence-corrected chi connectivity index (χ4v) is 6.35. The van der Waals surface area contributed by atoms with Crippen LogP contribution in [0.1, 0.15) is 47.0 Å². The summed E-state index contributed by atoms with van der Waals surface area (Å²) in [6, 6.07) is 6.02. The average molecular weight is 477 g/mol. The first-order chi connectivity index (χ1) is 14.6. The summed E-state index contributed by atoms with van der Waals surface area (Å²) in [5, 5.41) is 0. The first-order valence-electron chi connectivity index (χ1n) is 10.8. The van der Waals surface area contributed by atoms with E-state index in [1.54, 1.807) is 17.0 Å². The maximum Gasteiger partial charge on any atom is 0.425 e. The summed E-state index contributed by atoms with van der Waals surface area (Å²) in [6.45, 7) is 7.72. The number of rotatable bonds is 5. The molecule has 180 valence electrons. The Labute approximate surface area is 187 Å². The highest BCUT2D eigenvalue weighted by molar-refractivity contribution is 7.89. The molecule has 32 heavy (non-hydrogen) atoms. The number of carbonyl (C=O) groups is 1. The third-order valence-corrected chi connectivity index (χ3v) is 8.51. The van der Waals surface area contributed by atoms with Crippen molar-refractivity contribution in [2.24, 2.45) is 10.8 Å². The van der Waals surface area contributed by atoms with E-state index in [0.29, 0.717) is 44.6 Å². The molecule has 3 rings (SSSR count). The monoisotopic (exact) mass is 476 g/mol. The predicted molar refractivity (Wildman–Crippen MR) is 116 cm³/mol. The number of anilines is 1. The first-order valence-corrected chi connectivity index (χ1v) is 12.4. The SMILES string of the molecule is CC(Oc1ccc(N2CCC3(CCN(S(=O)(=O)CC(C)(C)C)CC3)C2=O)cc1)C(F)(F)F. The number of carbonyl (C=O) groups excluding carboxylic acids is 1. The quantitative estimate of drug-likeness (QED) is 0.639. The Morgan fingerprint density at radius 2 is 1.56 bits per heavy atom. The van der Waals surface area contributed by atoms with Gasteiger partial charge in [0, 0.05) is 25.3 Å². The van der Waals surface area contributed by atoms with Crippen LogP contribution in [0.3, 0.4) is 0 Å². The normalized spacial score (nSPS) is 21.2. The van der Waals surface area contributed by atoms with Crippen LogP contribution in [-0.2, 0) is 14.8 Å². The van der Waals surface area contributed by atoms with Gasteiger partial charge in [-0.25, -0.2) is 12.7 Å². The number of alkyl halides is 3. The Hall–Kier alpha value is -1.81. The van der Waals surface area contributed by atoms with Crippen LogP contribution < -0.4 is 9.64 Å². The number of benzene rings is 1. The van der Waals surface area contributed by atoms with Crippen LogP contribution in [-0.4, -0.2) is 56.3 Å². The lowest BCUT2D eigenvalue weighted by Gasteiger charge is -2.38. The standard InChI is InChI=1S/C22H31F3N2O4S/c1-16(22(23,24)25)31-18-7-5-17(6-8-18)27-14-11-21(19(27)28)9-12-26(13-10-21)32(29,30)15-20(2,3)4/h5-8,16H,9-15H2,1-4H3. The Kier molecular flexibility index (Phi) is 6.61. The molecular weight excluding hydrogens is 445 g/mol. The number of piperidine rings is 1. The number of sulfonamides is 1. The predicted octanol–water partition coefficient (Wildman–Crippen LogP) is 4.21. The van der Waals surface area contributed by atoms with E-state index < -0.39 is 27.7 Å². The van der Waals surface area contributed by atoms with Crippen molar-refractivity contribution >= 4 is 21.6 Å². The van der Waals surface area contributed by atoms with E-state index in [1.807, 2.05) is 20.8 Å². The van der Waals surface area contributed by atoms with Crippen molar-refractivity contribution < 1.29 is 31.1 Å². The van der Waals surface area contributed by atoms with Crippen molar-refractivity contribution in [3.8, 4) is 5.75 Å². The summed E-state index contributed by atoms with van der Waals surface area (Å²) in [6.07, 6.45) is -4.82. The number of amides is 1. The number of ether oxygens (including phenoxy) is 1. The molecular formula is C22H31F3N2O4S. The van der Waals surface area contributed by atoms with Gasteiger partial charge in [0.25, 0.3) is 0 Å². The molecule has 2 saturated heterocycles. The Morgan fingerprint density at radius 1 is 1.03 bits per heavy atom. The van der Waals surface area contributed by atoms with E-state index in [0.717, 1.165) is 6.92 Å². The van der Waals surface area contributed by atoms with Gasteiger partial charge in [-0.15, -0.1) is 0 Å². The number of nitrogens with zero attached hydrogens (tertiary/aromatic N) is 2. The second kappa shape index (κ2) is 8.52. The van der Waals surface area contributed by atoms with Crippen LogP contribution in [0.5, 0.6) is 5.75 Å². The van der Waals surface area contributed by atoms with Gasteiger partial charge in [0.05, 0.1) is 11.2 Å². The van der Waals surface area contributed by atoms with Gasteiger partial charge in [0.1, 0.15) is 5.75 Å². The van der Waals surface area contributed by atoms with Crippen LogP contribution in [0, 0.1) is 10.8 Å². The Morgan fingerprint density at radius 3 is 2.06 bits per heavy atom. The van der Waals surface area contributed by atoms with Crippen molar-refractivity contribution in [2.45, 2.75) is 59.2 Å². The second-order valence-corrected chi connectivity index (χ2v) is 12.0. The van der Waals surface area contributed by atoms with E-state index in [1.165, 1.54) is 16.4 Å². The largest absolute Gasteiger partial charge is 0.481 e. The van der Waals surface area contributed by atoms with Crippen molar-refractivity contribution in [1.82, 2.24) is 4.31 Å². The van der Waals surface area contributed by atoms with Crippen LogP contribution in [0.15, 0.2) is 24.3 Å². The minimum absolute atomic E-state index is 0.0531. The van der Waals surface area contributed by atoms with E-state index >= 15 is 0 Å². The van der Waals surface area contributed by atoms with E-state index in [4.69, 9.17) is 4.74 Å². The summed E-state index contributed by atoms with van der Waals surface area (Å²) >= 11 is 0. The maximum absolute atomic E-state index is 13.2. The zero-order chi connectivity index (χ0) is 23.9. The van der Waals surface area contributed by atoms with Crippen LogP contribution in [0.25, 0.3) is 0 Å². The summed E-state index contributed by atoms with van der Waals surface area (Å²) in [7, 11) is -3.38. The molecule has 2 aliphatic rings. The summed E-state index contributed by atoms with van der Waals surface area (Å²) in [5.41, 5.74) is -0.336. The lowest BCUT2D eigenvalue weighted by atomic mass is 9.77. The van der Waals surface area contributed by atoms with Crippen molar-refractivity contribution in [2.75, 3.05) is 30.3 Å². The molecule has 1 amide bonds. The van der Waals surface area contributed by atoms with E-state index in [9.17, 15) is 26.4 Å². The average Bonchev–Trinajstić information content (AvgIpc) is 2.96. The molecule has 0 aromatic heterocycles. The van der Waals surface area contributed by atoms with Crippen molar-refractivity contribution in [3.63, 3.8) is 0 Å². The highest BCUT2D eigenvalue weighted by Gasteiger charge is 2.50. The highest BCUT2D eigenvalue weighted by atomic mass is 32.2. The molecule has 1 unspecified atom stereocenters. The molecule has 0 saturated carbocycles. The smallest absolute Gasteiger partial charge is 0.425 e. The van der Waals surface area contributed by atoms with Gasteiger partial charge >= 0.3 is 6.18 Å². The van der Waals surface area contributed by atoms with Gasteiger partial charge in [-0.1, -0.05) is 20.8 Å². The number of hydrogen-bond donors (Lipinski definition) is 0. The van der Waals surface area contributed by atoms with Gasteiger partial charge in [0.2, 0.25) is 15.9 Å². The Bertz CT molecular complexity index is 931. The fraction of sp³-hybridized carbons (Fsp3) is 0.682. The molecule has 2 heterocycles. The summed E-state index contributed by atoms with van der Waals surface area (Å²) in [5.74, 6) is 0.0917. The van der Waals surface area contributed by atoms with Crippen molar-refractivity contribution in [3.05, 3.63) is 24.3 Å². The highest BCUT2D eigenvalue weighted by Crippen LogP contribution is 2.44. The van der Waals surface area contributed by atoms with Crippen LogP contribution in [0.4, 0.5) is 18.9 Å². The molecule has 2 fully saturated rings. The van der Waals surface area contributed by atoms with Crippen LogP contribution in [0.2, 0.25) is 0 Å². The van der Waals surface area contributed by atoms with Gasteiger partial charge in [-0.05, 0) is 55.9 Å². The topological polar surface area (TPSA) is 66.9 Å². The molecule has 1 spiro atoms. The fourth-order valence-electron chi connectivity index (χ4n) is 4.34. The third kappa shape index (κ3) is 5.39. The first kappa shape index (κ1) is 24.8. The van der Waals surface area contributed by atoms with Gasteiger partial charge in [-0.2, -0.15) is 13.2 Å². The minimum Gasteiger partial charge on any atom is -0.481 e. The Balaban J connectivity index is 1.64. The van der Waals surface area contributed by atoms with Gasteiger partial charge < -0.3 is 9.64 Å². The molecule has 10 heteroatoms. The van der Waals surface area contributed by atoms with Gasteiger partial charge in [0.15, 0.2) is 6.10 Å². The van der Waals surface area contributed by atoms with E-state index in [-0.39, 0.29) is 22.8 Å². The maximum atomic E-state index is 13.2. The second-order valence-electron chi connectivity index (χ2n) is 10.00. The lowest BCUT2D eigenvalue weighted by molar-refractivity contribution is -0.189. The van der Waals surface area contributed by atoms with E-state index in [2.05, 4.69) is 0 Å². The molecule has 0 bridgehead atoms. The summed E-state index contributed by atoms with van der Waals surface area (Å²) in [4.78, 5) is 14.9. The zero-order valence-electron chi connectivity index (χ0n) is 18.9. The lowest BCUT2D eigenvalue weighted by Crippen LogP contribution is -2.48. The molecule has 0 radical (unpaired) electrons. The third-order valence-electron chi connectivity index (χ3n) is 6.12. The summed E-state index contributed by atoms with van der Waals surface area (Å²) < 4.78 is 69.8. The molecule has 1 atom stereocenters. The number of hydrogen-bond acceptors (Lipinski definition) is 4. The molecule has 0 aliphatic carbocycles.